The molecule has 50 valence electrons. The Bertz CT molecular complexity index is 148. The lowest BCUT2D eigenvalue weighted by Crippen LogP contribution is -2.01. The molecule has 1 aromatic heterocycles. The van der Waals surface area contributed by atoms with E-state index < -0.39 is 0 Å². The third kappa shape index (κ3) is 1.77. The summed E-state index contributed by atoms with van der Waals surface area (Å²) in [7, 11) is 1.65. The Kier molecular flexibility index (Phi) is 2.15. The quantitative estimate of drug-likeness (QED) is 0.593. The van der Waals surface area contributed by atoms with Gasteiger partial charge in [-0.2, -0.15) is 0 Å². The highest BCUT2D eigenvalue weighted by atomic mass is 16.5. The van der Waals surface area contributed by atoms with Crippen LogP contribution in [0.4, 0.5) is 5.69 Å². The fourth-order valence-electron chi connectivity index (χ4n) is 0.589. The molecule has 1 rings (SSSR count). The number of anilines is 1. The predicted octanol–water partition coefficient (Wildman–Crippen LogP) is 1.03. The molecule has 0 spiro atoms. The topological polar surface area (TPSA) is 37.0 Å². The molecule has 0 saturated carbocycles. The first kappa shape index (κ1) is 6.16. The maximum Gasteiger partial charge on any atom is 0.116 e. The van der Waals surface area contributed by atoms with Crippen molar-refractivity contribution >= 4 is 5.69 Å². The molecule has 2 N–H and O–H groups in total. The molecule has 3 heteroatoms. The molecule has 0 radical (unpaired) electrons. The van der Waals surface area contributed by atoms with Gasteiger partial charge in [0.15, 0.2) is 0 Å². The van der Waals surface area contributed by atoms with E-state index >= 15 is 0 Å². The van der Waals surface area contributed by atoms with Crippen LogP contribution in [0.25, 0.3) is 0 Å². The summed E-state index contributed by atoms with van der Waals surface area (Å²) in [6, 6.07) is 1.94. The number of rotatable bonds is 3. The highest BCUT2D eigenvalue weighted by Crippen LogP contribution is 2.01. The highest BCUT2D eigenvalue weighted by molar-refractivity contribution is 5.39. The van der Waals surface area contributed by atoms with Gasteiger partial charge in [0.05, 0.1) is 5.69 Å². The van der Waals surface area contributed by atoms with Gasteiger partial charge in [-0.1, -0.05) is 0 Å². The number of methoxy groups -OCH3 is 1. The molecule has 0 unspecified atom stereocenters. The van der Waals surface area contributed by atoms with E-state index in [9.17, 15) is 0 Å². The summed E-state index contributed by atoms with van der Waals surface area (Å²) in [6.07, 6.45) is 3.73. The second-order valence-electron chi connectivity index (χ2n) is 1.71. The summed E-state index contributed by atoms with van der Waals surface area (Å²) in [5.41, 5.74) is 1.05. The fraction of sp³-hybridized carbons (Fsp3) is 0.333. The Labute approximate surface area is 54.0 Å². The zero-order valence-corrected chi connectivity index (χ0v) is 5.35. The van der Waals surface area contributed by atoms with Gasteiger partial charge in [0.1, 0.15) is 6.73 Å². The first-order valence-electron chi connectivity index (χ1n) is 2.79. The van der Waals surface area contributed by atoms with Crippen molar-refractivity contribution in [1.82, 2.24) is 4.98 Å². The van der Waals surface area contributed by atoms with Gasteiger partial charge in [0, 0.05) is 19.5 Å². The average Bonchev–Trinajstić information content (AvgIpc) is 2.34. The maximum atomic E-state index is 4.79. The van der Waals surface area contributed by atoms with E-state index in [2.05, 4.69) is 10.3 Å². The Morgan fingerprint density at radius 3 is 3.22 bits per heavy atom. The molecule has 9 heavy (non-hydrogen) atoms. The van der Waals surface area contributed by atoms with Gasteiger partial charge < -0.3 is 15.0 Å². The van der Waals surface area contributed by atoms with E-state index in [1.165, 1.54) is 0 Å². The van der Waals surface area contributed by atoms with Gasteiger partial charge in [0.2, 0.25) is 0 Å². The SMILES string of the molecule is COCNc1cc[nH]c1. The average molecular weight is 126 g/mol. The van der Waals surface area contributed by atoms with E-state index in [0.29, 0.717) is 6.73 Å². The Morgan fingerprint density at radius 1 is 1.78 bits per heavy atom. The number of hydrogen-bond donors (Lipinski definition) is 2. The van der Waals surface area contributed by atoms with E-state index in [1.54, 1.807) is 7.11 Å². The van der Waals surface area contributed by atoms with Crippen LogP contribution in [-0.4, -0.2) is 18.8 Å². The van der Waals surface area contributed by atoms with Crippen molar-refractivity contribution in [3.8, 4) is 0 Å². The molecule has 0 atom stereocenters. The second kappa shape index (κ2) is 3.14. The lowest BCUT2D eigenvalue weighted by Gasteiger charge is -1.98. The van der Waals surface area contributed by atoms with Crippen molar-refractivity contribution in [2.45, 2.75) is 0 Å². The second-order valence-corrected chi connectivity index (χ2v) is 1.71. The minimum atomic E-state index is 0.553. The van der Waals surface area contributed by atoms with Crippen LogP contribution in [0.2, 0.25) is 0 Å². The first-order chi connectivity index (χ1) is 4.43. The molecule has 0 aromatic carbocycles. The summed E-state index contributed by atoms with van der Waals surface area (Å²) in [4.78, 5) is 2.92. The standard InChI is InChI=1S/C6H10N2O/c1-9-5-8-6-2-3-7-4-6/h2-4,7-8H,5H2,1H3. The number of aromatic amines is 1. The van der Waals surface area contributed by atoms with Crippen molar-refractivity contribution in [3.63, 3.8) is 0 Å². The van der Waals surface area contributed by atoms with E-state index in [4.69, 9.17) is 4.74 Å². The van der Waals surface area contributed by atoms with Crippen molar-refractivity contribution in [1.29, 1.82) is 0 Å². The van der Waals surface area contributed by atoms with Gasteiger partial charge in [-0.3, -0.25) is 0 Å². The molecule has 0 fully saturated rings. The van der Waals surface area contributed by atoms with Gasteiger partial charge >= 0.3 is 0 Å². The Morgan fingerprint density at radius 2 is 2.67 bits per heavy atom. The van der Waals surface area contributed by atoms with Crippen LogP contribution >= 0.6 is 0 Å². The minimum Gasteiger partial charge on any atom is -0.366 e. The summed E-state index contributed by atoms with van der Waals surface area (Å²) in [5, 5.41) is 3.02. The van der Waals surface area contributed by atoms with E-state index in [0.717, 1.165) is 5.69 Å². The highest BCUT2D eigenvalue weighted by Gasteiger charge is 1.85. The number of hydrogen-bond acceptors (Lipinski definition) is 2. The van der Waals surface area contributed by atoms with Crippen molar-refractivity contribution in [3.05, 3.63) is 18.5 Å². The molecular formula is C6H10N2O. The van der Waals surface area contributed by atoms with E-state index in [-0.39, 0.29) is 0 Å². The molecule has 0 aliphatic carbocycles. The zero-order chi connectivity index (χ0) is 6.53. The molecule has 0 saturated heterocycles. The van der Waals surface area contributed by atoms with Crippen LogP contribution in [-0.2, 0) is 4.74 Å². The predicted molar refractivity (Wildman–Crippen MR) is 36.3 cm³/mol. The molecular weight excluding hydrogens is 116 g/mol. The van der Waals surface area contributed by atoms with Crippen LogP contribution in [0.3, 0.4) is 0 Å². The molecule has 0 amide bonds. The number of H-pyrrole nitrogens is 1. The summed E-state index contributed by atoms with van der Waals surface area (Å²) in [5.74, 6) is 0. The smallest absolute Gasteiger partial charge is 0.116 e. The minimum absolute atomic E-state index is 0.553. The summed E-state index contributed by atoms with van der Waals surface area (Å²) < 4.78 is 4.79. The number of nitrogens with one attached hydrogen (secondary N) is 2. The third-order valence-corrected chi connectivity index (χ3v) is 1.02. The molecule has 0 aliphatic heterocycles. The van der Waals surface area contributed by atoms with Crippen LogP contribution in [0.1, 0.15) is 0 Å². The van der Waals surface area contributed by atoms with Gasteiger partial charge in [0.25, 0.3) is 0 Å². The van der Waals surface area contributed by atoms with Crippen LogP contribution in [0.5, 0.6) is 0 Å². The molecule has 0 bridgehead atoms. The van der Waals surface area contributed by atoms with Crippen molar-refractivity contribution in [2.75, 3.05) is 19.2 Å². The van der Waals surface area contributed by atoms with Crippen LogP contribution in [0.15, 0.2) is 18.5 Å². The van der Waals surface area contributed by atoms with Gasteiger partial charge in [-0.25, -0.2) is 0 Å². The molecule has 1 heterocycles. The zero-order valence-electron chi connectivity index (χ0n) is 5.35. The first-order valence-corrected chi connectivity index (χ1v) is 2.79. The van der Waals surface area contributed by atoms with Gasteiger partial charge in [-0.05, 0) is 6.07 Å². The maximum absolute atomic E-state index is 4.79. The van der Waals surface area contributed by atoms with Crippen molar-refractivity contribution in [2.24, 2.45) is 0 Å². The Balaban J connectivity index is 2.30. The lowest BCUT2D eigenvalue weighted by atomic mass is 10.5. The fourth-order valence-corrected chi connectivity index (χ4v) is 0.589. The van der Waals surface area contributed by atoms with Crippen LogP contribution < -0.4 is 5.32 Å². The summed E-state index contributed by atoms with van der Waals surface area (Å²) in [6.45, 7) is 0.553. The Hall–Kier alpha value is -0.960. The monoisotopic (exact) mass is 126 g/mol. The lowest BCUT2D eigenvalue weighted by molar-refractivity contribution is 0.221. The largest absolute Gasteiger partial charge is 0.366 e. The van der Waals surface area contributed by atoms with Crippen molar-refractivity contribution < 1.29 is 4.74 Å². The normalized spacial score (nSPS) is 9.44. The van der Waals surface area contributed by atoms with E-state index in [1.807, 2.05) is 18.5 Å². The molecule has 0 aliphatic rings. The molecule has 1 aromatic rings. The summed E-state index contributed by atoms with van der Waals surface area (Å²) >= 11 is 0. The van der Waals surface area contributed by atoms with Gasteiger partial charge in [-0.15, -0.1) is 0 Å². The number of ether oxygens (including phenoxy) is 1. The number of aromatic nitrogens is 1. The van der Waals surface area contributed by atoms with Crippen LogP contribution in [0, 0.1) is 0 Å². The third-order valence-electron chi connectivity index (χ3n) is 1.02. The molecule has 3 nitrogen and oxygen atoms in total.